The van der Waals surface area contributed by atoms with Gasteiger partial charge in [0.2, 0.25) is 0 Å². The number of aromatic nitrogens is 3. The van der Waals surface area contributed by atoms with Gasteiger partial charge in [-0.15, -0.1) is 0 Å². The standard InChI is InChI=1S/C22H20BrN5O2S/c1-28(2)18-8-7-14(10-19(18)31(3,29)30)17-11-16(13-5-4-6-15(23)9-13)20-21(24)25-12-26-22(20)27-17/h4-12H,1-3H3,(H2,24,25,26,27). The van der Waals surface area contributed by atoms with E-state index in [1.54, 1.807) is 17.0 Å². The summed E-state index contributed by atoms with van der Waals surface area (Å²) in [4.78, 5) is 15.1. The first-order chi connectivity index (χ1) is 14.6. The molecule has 0 saturated heterocycles. The molecule has 0 bridgehead atoms. The number of anilines is 2. The molecule has 0 fully saturated rings. The molecular formula is C22H20BrN5O2S. The Labute approximate surface area is 189 Å². The van der Waals surface area contributed by atoms with Gasteiger partial charge in [-0.2, -0.15) is 0 Å². The van der Waals surface area contributed by atoms with Gasteiger partial charge in [0.15, 0.2) is 15.5 Å². The molecule has 0 aliphatic carbocycles. The molecule has 7 nitrogen and oxygen atoms in total. The molecule has 2 N–H and O–H groups in total. The Morgan fingerprint density at radius 3 is 2.45 bits per heavy atom. The van der Waals surface area contributed by atoms with E-state index in [2.05, 4.69) is 30.9 Å². The van der Waals surface area contributed by atoms with Crippen molar-refractivity contribution in [1.29, 1.82) is 0 Å². The van der Waals surface area contributed by atoms with Crippen LogP contribution in [0, 0.1) is 0 Å². The van der Waals surface area contributed by atoms with Gasteiger partial charge in [-0.1, -0.05) is 34.1 Å². The normalized spacial score (nSPS) is 11.6. The van der Waals surface area contributed by atoms with Gasteiger partial charge in [0.25, 0.3) is 0 Å². The van der Waals surface area contributed by atoms with Gasteiger partial charge in [-0.3, -0.25) is 0 Å². The van der Waals surface area contributed by atoms with Crippen LogP contribution < -0.4 is 10.6 Å². The summed E-state index contributed by atoms with van der Waals surface area (Å²) in [5, 5.41) is 0.651. The number of hydrogen-bond donors (Lipinski definition) is 1. The van der Waals surface area contributed by atoms with Gasteiger partial charge < -0.3 is 10.6 Å². The van der Waals surface area contributed by atoms with E-state index in [0.29, 0.717) is 33.8 Å². The van der Waals surface area contributed by atoms with Crippen molar-refractivity contribution in [2.24, 2.45) is 0 Å². The Kier molecular flexibility index (Phi) is 5.40. The van der Waals surface area contributed by atoms with Crippen LogP contribution in [0.15, 0.2) is 64.2 Å². The summed E-state index contributed by atoms with van der Waals surface area (Å²) in [7, 11) is 0.170. The topological polar surface area (TPSA) is 102 Å². The maximum absolute atomic E-state index is 12.4. The van der Waals surface area contributed by atoms with Crippen LogP contribution in [0.1, 0.15) is 0 Å². The second kappa shape index (κ2) is 7.90. The average Bonchev–Trinajstić information content (AvgIpc) is 2.72. The number of nitrogen functional groups attached to an aromatic ring is 1. The van der Waals surface area contributed by atoms with Crippen LogP contribution in [-0.2, 0) is 9.84 Å². The molecule has 4 aromatic rings. The Balaban J connectivity index is 2.02. The number of rotatable bonds is 4. The molecule has 9 heteroatoms. The zero-order valence-corrected chi connectivity index (χ0v) is 19.6. The minimum absolute atomic E-state index is 0.239. The molecule has 4 rings (SSSR count). The summed E-state index contributed by atoms with van der Waals surface area (Å²) >= 11 is 3.51. The van der Waals surface area contributed by atoms with Gasteiger partial charge in [-0.25, -0.2) is 23.4 Å². The van der Waals surface area contributed by atoms with Crippen molar-refractivity contribution in [2.45, 2.75) is 4.90 Å². The van der Waals surface area contributed by atoms with Crippen LogP contribution in [0.5, 0.6) is 0 Å². The van der Waals surface area contributed by atoms with E-state index < -0.39 is 9.84 Å². The van der Waals surface area contributed by atoms with Crippen LogP contribution in [0.3, 0.4) is 0 Å². The van der Waals surface area contributed by atoms with Crippen molar-refractivity contribution in [3.05, 3.63) is 59.3 Å². The first-order valence-electron chi connectivity index (χ1n) is 9.34. The predicted molar refractivity (Wildman–Crippen MR) is 128 cm³/mol. The van der Waals surface area contributed by atoms with Crippen molar-refractivity contribution in [3.8, 4) is 22.4 Å². The molecule has 0 spiro atoms. The SMILES string of the molecule is CN(C)c1ccc(-c2cc(-c3cccc(Br)c3)c3c(N)ncnc3n2)cc1S(C)(=O)=O. The second-order valence-corrected chi connectivity index (χ2v) is 10.3. The van der Waals surface area contributed by atoms with Crippen LogP contribution in [0.25, 0.3) is 33.4 Å². The molecular weight excluding hydrogens is 478 g/mol. The second-order valence-electron chi connectivity index (χ2n) is 7.37. The Bertz CT molecular complexity index is 1420. The van der Waals surface area contributed by atoms with Gasteiger partial charge in [-0.05, 0) is 41.5 Å². The monoisotopic (exact) mass is 497 g/mol. The van der Waals surface area contributed by atoms with E-state index >= 15 is 0 Å². The Morgan fingerprint density at radius 1 is 1.00 bits per heavy atom. The fraction of sp³-hybridized carbons (Fsp3) is 0.136. The van der Waals surface area contributed by atoms with Gasteiger partial charge in [0.05, 0.1) is 21.7 Å². The van der Waals surface area contributed by atoms with Crippen molar-refractivity contribution >= 4 is 48.3 Å². The number of nitrogens with two attached hydrogens (primary N) is 1. The third-order valence-corrected chi connectivity index (χ3v) is 6.52. The van der Waals surface area contributed by atoms with E-state index in [1.165, 1.54) is 12.6 Å². The molecule has 0 radical (unpaired) electrons. The number of hydrogen-bond acceptors (Lipinski definition) is 7. The average molecular weight is 498 g/mol. The molecule has 0 saturated carbocycles. The van der Waals surface area contributed by atoms with Crippen molar-refractivity contribution in [3.63, 3.8) is 0 Å². The lowest BCUT2D eigenvalue weighted by molar-refractivity contribution is 0.602. The van der Waals surface area contributed by atoms with Crippen LogP contribution in [0.4, 0.5) is 11.5 Å². The number of fused-ring (bicyclic) bond motifs is 1. The molecule has 0 amide bonds. The van der Waals surface area contributed by atoms with E-state index in [1.807, 2.05) is 50.5 Å². The summed E-state index contributed by atoms with van der Waals surface area (Å²) in [6.07, 6.45) is 2.57. The maximum atomic E-state index is 12.4. The largest absolute Gasteiger partial charge is 0.383 e. The van der Waals surface area contributed by atoms with E-state index in [0.717, 1.165) is 15.6 Å². The first kappa shape index (κ1) is 21.2. The van der Waals surface area contributed by atoms with Crippen molar-refractivity contribution < 1.29 is 8.42 Å². The molecule has 0 atom stereocenters. The van der Waals surface area contributed by atoms with Crippen molar-refractivity contribution in [2.75, 3.05) is 31.0 Å². The number of benzene rings is 2. The Morgan fingerprint density at radius 2 is 1.77 bits per heavy atom. The lowest BCUT2D eigenvalue weighted by Gasteiger charge is -2.18. The first-order valence-corrected chi connectivity index (χ1v) is 12.0. The molecule has 2 heterocycles. The minimum Gasteiger partial charge on any atom is -0.383 e. The van der Waals surface area contributed by atoms with E-state index in [-0.39, 0.29) is 4.90 Å². The fourth-order valence-electron chi connectivity index (χ4n) is 3.46. The summed E-state index contributed by atoms with van der Waals surface area (Å²) in [6.45, 7) is 0. The fourth-order valence-corrected chi connectivity index (χ4v) is 4.83. The quantitative estimate of drug-likeness (QED) is 0.451. The van der Waals surface area contributed by atoms with E-state index in [9.17, 15) is 8.42 Å². The molecule has 2 aromatic carbocycles. The van der Waals surface area contributed by atoms with Crippen molar-refractivity contribution in [1.82, 2.24) is 15.0 Å². The zero-order valence-electron chi connectivity index (χ0n) is 17.2. The van der Waals surface area contributed by atoms with Crippen LogP contribution >= 0.6 is 15.9 Å². The van der Waals surface area contributed by atoms with Crippen LogP contribution in [0.2, 0.25) is 0 Å². The highest BCUT2D eigenvalue weighted by molar-refractivity contribution is 9.10. The molecule has 0 aliphatic heterocycles. The third-order valence-electron chi connectivity index (χ3n) is 4.91. The van der Waals surface area contributed by atoms with Gasteiger partial charge in [0, 0.05) is 30.4 Å². The number of halogens is 1. The molecule has 0 aliphatic rings. The summed E-state index contributed by atoms with van der Waals surface area (Å²) < 4.78 is 25.8. The summed E-state index contributed by atoms with van der Waals surface area (Å²) in [5.41, 5.74) is 10.2. The maximum Gasteiger partial charge on any atom is 0.177 e. The highest BCUT2D eigenvalue weighted by Gasteiger charge is 2.19. The molecule has 0 unspecified atom stereocenters. The summed E-state index contributed by atoms with van der Waals surface area (Å²) in [6, 6.07) is 15.0. The van der Waals surface area contributed by atoms with Gasteiger partial charge >= 0.3 is 0 Å². The zero-order chi connectivity index (χ0) is 22.3. The lowest BCUT2D eigenvalue weighted by Crippen LogP contribution is -2.13. The Hall–Kier alpha value is -3.04. The molecule has 158 valence electrons. The number of pyridine rings is 1. The lowest BCUT2D eigenvalue weighted by atomic mass is 9.99. The van der Waals surface area contributed by atoms with Crippen LogP contribution in [-0.4, -0.2) is 43.7 Å². The van der Waals surface area contributed by atoms with E-state index in [4.69, 9.17) is 5.73 Å². The third kappa shape index (κ3) is 4.11. The predicted octanol–water partition coefficient (Wildman–Crippen LogP) is 4.17. The molecule has 2 aromatic heterocycles. The number of sulfone groups is 1. The highest BCUT2D eigenvalue weighted by Crippen LogP contribution is 2.36. The minimum atomic E-state index is -3.45. The van der Waals surface area contributed by atoms with Gasteiger partial charge in [0.1, 0.15) is 12.1 Å². The number of nitrogens with zero attached hydrogens (tertiary/aromatic N) is 4. The smallest absolute Gasteiger partial charge is 0.177 e. The summed E-state index contributed by atoms with van der Waals surface area (Å²) in [5.74, 6) is 0.332. The molecule has 31 heavy (non-hydrogen) atoms. The highest BCUT2D eigenvalue weighted by atomic mass is 79.9.